The third-order valence-corrected chi connectivity index (χ3v) is 4.27. The molecule has 3 rings (SSSR count). The molecule has 22 heavy (non-hydrogen) atoms. The fraction of sp³-hybridized carbons (Fsp3) is 0.167. The van der Waals surface area contributed by atoms with E-state index in [0.717, 1.165) is 17.8 Å². The highest BCUT2D eigenvalue weighted by molar-refractivity contribution is 7.07. The van der Waals surface area contributed by atoms with Crippen molar-refractivity contribution in [3.05, 3.63) is 88.1 Å². The molecule has 1 atom stereocenters. The number of hydrogen-bond donors (Lipinski definition) is 0. The second-order valence-corrected chi connectivity index (χ2v) is 5.98. The van der Waals surface area contributed by atoms with Gasteiger partial charge in [0.15, 0.2) is 0 Å². The van der Waals surface area contributed by atoms with Crippen molar-refractivity contribution in [3.8, 4) is 0 Å². The lowest BCUT2D eigenvalue weighted by molar-refractivity contribution is 0.267. The van der Waals surface area contributed by atoms with Gasteiger partial charge >= 0.3 is 0 Å². The van der Waals surface area contributed by atoms with E-state index < -0.39 is 0 Å². The Morgan fingerprint density at radius 2 is 1.73 bits per heavy atom. The Morgan fingerprint density at radius 3 is 2.36 bits per heavy atom. The van der Waals surface area contributed by atoms with Gasteiger partial charge in [-0.2, -0.15) is 0 Å². The summed E-state index contributed by atoms with van der Waals surface area (Å²) in [4.78, 5) is 6.59. The quantitative estimate of drug-likeness (QED) is 0.689. The minimum absolute atomic E-state index is 0.0727. The molecule has 1 aromatic heterocycles. The fourth-order valence-corrected chi connectivity index (χ4v) is 3.19. The molecule has 0 aliphatic rings. The molecule has 0 aliphatic heterocycles. The van der Waals surface area contributed by atoms with Crippen molar-refractivity contribution in [2.24, 2.45) is 0 Å². The summed E-state index contributed by atoms with van der Waals surface area (Å²) in [5.41, 5.74) is 5.16. The van der Waals surface area contributed by atoms with E-state index in [2.05, 4.69) is 34.4 Å². The zero-order chi connectivity index (χ0) is 15.4. The van der Waals surface area contributed by atoms with Crippen molar-refractivity contribution >= 4 is 11.3 Å². The average molecular weight is 312 g/mol. The Morgan fingerprint density at radius 1 is 1.05 bits per heavy atom. The van der Waals surface area contributed by atoms with Gasteiger partial charge in [-0.25, -0.2) is 9.37 Å². The molecular weight excluding hydrogens is 295 g/mol. The second-order valence-electron chi connectivity index (χ2n) is 5.26. The molecule has 0 spiro atoms. The van der Waals surface area contributed by atoms with Crippen LogP contribution in [0.3, 0.4) is 0 Å². The summed E-state index contributed by atoms with van der Waals surface area (Å²) >= 11 is 1.60. The van der Waals surface area contributed by atoms with Gasteiger partial charge in [-0.1, -0.05) is 42.5 Å². The molecule has 0 aliphatic carbocycles. The van der Waals surface area contributed by atoms with Gasteiger partial charge in [0, 0.05) is 11.9 Å². The predicted octanol–water partition coefficient (Wildman–Crippen LogP) is 4.50. The van der Waals surface area contributed by atoms with E-state index in [4.69, 9.17) is 0 Å². The highest BCUT2D eigenvalue weighted by Gasteiger charge is 2.19. The maximum Gasteiger partial charge on any atom is 0.123 e. The van der Waals surface area contributed by atoms with Crippen molar-refractivity contribution < 1.29 is 4.39 Å². The number of benzene rings is 2. The van der Waals surface area contributed by atoms with Crippen LogP contribution in [0, 0.1) is 5.82 Å². The first-order valence-corrected chi connectivity index (χ1v) is 8.06. The van der Waals surface area contributed by atoms with E-state index in [-0.39, 0.29) is 11.9 Å². The zero-order valence-electron chi connectivity index (χ0n) is 12.3. The summed E-state index contributed by atoms with van der Waals surface area (Å²) in [7, 11) is 2.07. The van der Waals surface area contributed by atoms with Gasteiger partial charge in [-0.05, 0) is 30.3 Å². The van der Waals surface area contributed by atoms with Crippen LogP contribution in [0.1, 0.15) is 22.9 Å². The van der Waals surface area contributed by atoms with Crippen LogP contribution in [0.5, 0.6) is 0 Å². The average Bonchev–Trinajstić information content (AvgIpc) is 3.03. The van der Waals surface area contributed by atoms with Crippen LogP contribution in [0.25, 0.3) is 0 Å². The number of rotatable bonds is 5. The number of aromatic nitrogens is 1. The van der Waals surface area contributed by atoms with Gasteiger partial charge in [0.1, 0.15) is 5.82 Å². The van der Waals surface area contributed by atoms with Crippen LogP contribution in [-0.2, 0) is 6.54 Å². The molecule has 0 amide bonds. The van der Waals surface area contributed by atoms with Gasteiger partial charge in [0.2, 0.25) is 0 Å². The van der Waals surface area contributed by atoms with E-state index in [9.17, 15) is 4.39 Å². The second kappa shape index (κ2) is 6.81. The third kappa shape index (κ3) is 3.40. The Kier molecular flexibility index (Phi) is 4.61. The molecular formula is C18H17FN2S. The van der Waals surface area contributed by atoms with Crippen LogP contribution in [0.4, 0.5) is 4.39 Å². The van der Waals surface area contributed by atoms with E-state index in [0.29, 0.717) is 0 Å². The van der Waals surface area contributed by atoms with Gasteiger partial charge < -0.3 is 0 Å². The lowest BCUT2D eigenvalue weighted by atomic mass is 9.97. The number of thiazole rings is 1. The van der Waals surface area contributed by atoms with E-state index >= 15 is 0 Å². The van der Waals surface area contributed by atoms with Gasteiger partial charge in [0.05, 0.1) is 17.2 Å². The highest BCUT2D eigenvalue weighted by Crippen LogP contribution is 2.28. The summed E-state index contributed by atoms with van der Waals surface area (Å²) in [6, 6.07) is 17.1. The molecule has 2 nitrogen and oxygen atoms in total. The lowest BCUT2D eigenvalue weighted by Crippen LogP contribution is -2.25. The van der Waals surface area contributed by atoms with Gasteiger partial charge in [-0.15, -0.1) is 11.3 Å². The maximum absolute atomic E-state index is 13.2. The summed E-state index contributed by atoms with van der Waals surface area (Å²) in [6.07, 6.45) is 0. The minimum Gasteiger partial charge on any atom is -0.290 e. The smallest absolute Gasteiger partial charge is 0.123 e. The minimum atomic E-state index is -0.210. The molecule has 0 radical (unpaired) electrons. The molecule has 1 heterocycles. The molecule has 0 bridgehead atoms. The van der Waals surface area contributed by atoms with E-state index in [1.165, 1.54) is 17.7 Å². The fourth-order valence-electron chi connectivity index (χ4n) is 2.64. The van der Waals surface area contributed by atoms with Crippen molar-refractivity contribution in [1.82, 2.24) is 9.88 Å². The number of hydrogen-bond acceptors (Lipinski definition) is 3. The molecule has 2 aromatic carbocycles. The molecule has 0 saturated carbocycles. The largest absolute Gasteiger partial charge is 0.290 e. The predicted molar refractivity (Wildman–Crippen MR) is 88.3 cm³/mol. The molecule has 0 fully saturated rings. The van der Waals surface area contributed by atoms with Gasteiger partial charge in [0.25, 0.3) is 0 Å². The summed E-state index contributed by atoms with van der Waals surface area (Å²) in [5.74, 6) is -0.210. The number of nitrogens with zero attached hydrogens (tertiary/aromatic N) is 2. The zero-order valence-corrected chi connectivity index (χ0v) is 13.1. The normalized spacial score (nSPS) is 12.5. The highest BCUT2D eigenvalue weighted by atomic mass is 32.1. The molecule has 112 valence electrons. The van der Waals surface area contributed by atoms with Crippen LogP contribution < -0.4 is 0 Å². The third-order valence-electron chi connectivity index (χ3n) is 3.64. The first kappa shape index (κ1) is 14.9. The lowest BCUT2D eigenvalue weighted by Gasteiger charge is -2.28. The number of halogens is 1. The molecule has 1 unspecified atom stereocenters. The van der Waals surface area contributed by atoms with Crippen LogP contribution in [0.15, 0.2) is 65.5 Å². The monoisotopic (exact) mass is 312 g/mol. The molecule has 0 saturated heterocycles. The Balaban J connectivity index is 1.93. The van der Waals surface area contributed by atoms with Crippen molar-refractivity contribution in [2.45, 2.75) is 12.6 Å². The van der Waals surface area contributed by atoms with Crippen molar-refractivity contribution in [2.75, 3.05) is 7.05 Å². The summed E-state index contributed by atoms with van der Waals surface area (Å²) < 4.78 is 13.2. The molecule has 0 N–H and O–H groups in total. The van der Waals surface area contributed by atoms with Crippen molar-refractivity contribution in [1.29, 1.82) is 0 Å². The SMILES string of the molecule is CN(Cc1cscn1)C(c1ccccc1)c1ccc(F)cc1. The first-order valence-electron chi connectivity index (χ1n) is 7.12. The summed E-state index contributed by atoms with van der Waals surface area (Å²) in [5, 5.41) is 2.06. The summed E-state index contributed by atoms with van der Waals surface area (Å²) in [6.45, 7) is 0.750. The molecule has 4 heteroatoms. The standard InChI is InChI=1S/C18H17FN2S/c1-21(11-17-12-22-13-20-17)18(14-5-3-2-4-6-14)15-7-9-16(19)10-8-15/h2-10,12-13,18H,11H2,1H3. The topological polar surface area (TPSA) is 16.1 Å². The van der Waals surface area contributed by atoms with Crippen molar-refractivity contribution in [3.63, 3.8) is 0 Å². The van der Waals surface area contributed by atoms with E-state index in [1.54, 1.807) is 11.3 Å². The Hall–Kier alpha value is -2.04. The molecule has 3 aromatic rings. The Labute approximate surface area is 133 Å². The van der Waals surface area contributed by atoms with Crippen LogP contribution >= 0.6 is 11.3 Å². The van der Waals surface area contributed by atoms with Gasteiger partial charge in [-0.3, -0.25) is 4.90 Å². The Bertz CT molecular complexity index is 696. The first-order chi connectivity index (χ1) is 10.7. The van der Waals surface area contributed by atoms with Crippen LogP contribution in [0.2, 0.25) is 0 Å². The maximum atomic E-state index is 13.2. The van der Waals surface area contributed by atoms with E-state index in [1.807, 2.05) is 35.8 Å². The van der Waals surface area contributed by atoms with Crippen LogP contribution in [-0.4, -0.2) is 16.9 Å².